The molecule has 4 nitrogen and oxygen atoms in total. The molecule has 80 valence electrons. The first kappa shape index (κ1) is 11.2. The van der Waals surface area contributed by atoms with Crippen LogP contribution in [0.5, 0.6) is 5.75 Å². The first-order chi connectivity index (χ1) is 7.13. The van der Waals surface area contributed by atoms with E-state index >= 15 is 0 Å². The number of aryl methyl sites for hydroxylation is 1. The van der Waals surface area contributed by atoms with E-state index in [4.69, 9.17) is 9.84 Å². The van der Waals surface area contributed by atoms with Crippen LogP contribution in [0.2, 0.25) is 0 Å². The largest absolute Gasteiger partial charge is 0.496 e. The Hall–Kier alpha value is -1.84. The van der Waals surface area contributed by atoms with Crippen molar-refractivity contribution in [3.63, 3.8) is 0 Å². The average Bonchev–Trinajstić information content (AvgIpc) is 2.26. The Balaban J connectivity index is 3.40. The Morgan fingerprint density at radius 3 is 2.60 bits per heavy atom. The molecule has 15 heavy (non-hydrogen) atoms. The third kappa shape index (κ3) is 2.15. The molecule has 0 aliphatic carbocycles. The Bertz CT molecular complexity index is 396. The van der Waals surface area contributed by atoms with Crippen molar-refractivity contribution in [3.05, 3.63) is 28.8 Å². The second kappa shape index (κ2) is 4.59. The molecule has 4 heteroatoms. The lowest BCUT2D eigenvalue weighted by Crippen LogP contribution is -2.04. The summed E-state index contributed by atoms with van der Waals surface area (Å²) in [6.45, 7) is 1.85. The lowest BCUT2D eigenvalue weighted by Gasteiger charge is -2.09. The maximum absolute atomic E-state index is 10.9. The highest BCUT2D eigenvalue weighted by atomic mass is 16.5. The van der Waals surface area contributed by atoms with Gasteiger partial charge in [-0.2, -0.15) is 0 Å². The number of carboxylic acids is 1. The molecular weight excluding hydrogens is 196 g/mol. The molecule has 0 spiro atoms. The molecule has 1 N–H and O–H groups in total. The van der Waals surface area contributed by atoms with Crippen LogP contribution in [0.15, 0.2) is 12.1 Å². The Morgan fingerprint density at radius 2 is 2.20 bits per heavy atom. The Labute approximate surface area is 87.5 Å². The number of benzene rings is 1. The van der Waals surface area contributed by atoms with Gasteiger partial charge in [0.1, 0.15) is 5.75 Å². The number of rotatable bonds is 4. The van der Waals surface area contributed by atoms with Crippen LogP contribution < -0.4 is 4.74 Å². The van der Waals surface area contributed by atoms with Gasteiger partial charge in [-0.25, -0.2) is 4.79 Å². The molecule has 0 aromatic heterocycles. The van der Waals surface area contributed by atoms with Crippen molar-refractivity contribution in [2.45, 2.75) is 13.3 Å². The summed E-state index contributed by atoms with van der Waals surface area (Å²) in [6.07, 6.45) is 1.17. The van der Waals surface area contributed by atoms with Gasteiger partial charge in [0.2, 0.25) is 0 Å². The van der Waals surface area contributed by atoms with E-state index in [1.807, 2.05) is 6.92 Å². The first-order valence-corrected chi connectivity index (χ1v) is 4.53. The normalized spacial score (nSPS) is 9.73. The zero-order valence-corrected chi connectivity index (χ0v) is 8.61. The number of carboxylic acid groups (broad SMARTS) is 1. The van der Waals surface area contributed by atoms with E-state index in [1.54, 1.807) is 6.07 Å². The molecular formula is C11H12O4. The molecule has 0 fully saturated rings. The van der Waals surface area contributed by atoms with E-state index in [0.717, 1.165) is 0 Å². The molecule has 0 amide bonds. The molecule has 0 saturated heterocycles. The number of carbonyl (C=O) groups excluding carboxylic acids is 1. The summed E-state index contributed by atoms with van der Waals surface area (Å²) in [5, 5.41) is 8.92. The number of aromatic carboxylic acids is 1. The zero-order valence-electron chi connectivity index (χ0n) is 8.61. The molecule has 0 unspecified atom stereocenters. The topological polar surface area (TPSA) is 63.6 Å². The first-order valence-electron chi connectivity index (χ1n) is 4.53. The number of hydrogen-bond acceptors (Lipinski definition) is 3. The van der Waals surface area contributed by atoms with Crippen molar-refractivity contribution in [1.29, 1.82) is 0 Å². The van der Waals surface area contributed by atoms with Gasteiger partial charge in [0.15, 0.2) is 6.29 Å². The average molecular weight is 208 g/mol. The van der Waals surface area contributed by atoms with E-state index in [2.05, 4.69) is 0 Å². The molecule has 1 aromatic carbocycles. The number of methoxy groups -OCH3 is 1. The quantitative estimate of drug-likeness (QED) is 0.766. The van der Waals surface area contributed by atoms with Gasteiger partial charge < -0.3 is 9.84 Å². The molecule has 0 aliphatic rings. The smallest absolute Gasteiger partial charge is 0.335 e. The summed E-state index contributed by atoms with van der Waals surface area (Å²) in [5.41, 5.74) is 1.07. The van der Waals surface area contributed by atoms with Gasteiger partial charge in [-0.15, -0.1) is 0 Å². The van der Waals surface area contributed by atoms with Crippen molar-refractivity contribution in [3.8, 4) is 5.75 Å². The van der Waals surface area contributed by atoms with Crippen LogP contribution in [0, 0.1) is 0 Å². The molecule has 0 aliphatic heterocycles. The predicted molar refractivity (Wildman–Crippen MR) is 54.7 cm³/mol. The highest BCUT2D eigenvalue weighted by molar-refractivity contribution is 5.93. The standard InChI is InChI=1S/C11H12O4/c1-3-7-5-10(15-2)8(6-12)4-9(7)11(13)14/h4-6H,3H2,1-2H3,(H,13,14). The summed E-state index contributed by atoms with van der Waals surface area (Å²) < 4.78 is 4.99. The van der Waals surface area contributed by atoms with E-state index in [9.17, 15) is 9.59 Å². The monoisotopic (exact) mass is 208 g/mol. The predicted octanol–water partition coefficient (Wildman–Crippen LogP) is 1.77. The number of ether oxygens (including phenoxy) is 1. The van der Waals surface area contributed by atoms with Crippen molar-refractivity contribution in [2.75, 3.05) is 7.11 Å². The van der Waals surface area contributed by atoms with Gasteiger partial charge in [0.05, 0.1) is 18.2 Å². The lowest BCUT2D eigenvalue weighted by atomic mass is 10.0. The van der Waals surface area contributed by atoms with Gasteiger partial charge in [0.25, 0.3) is 0 Å². The summed E-state index contributed by atoms with van der Waals surface area (Å²) in [4.78, 5) is 21.6. The van der Waals surface area contributed by atoms with Crippen molar-refractivity contribution in [1.82, 2.24) is 0 Å². The van der Waals surface area contributed by atoms with E-state index in [1.165, 1.54) is 13.2 Å². The van der Waals surface area contributed by atoms with Crippen LogP contribution in [0.4, 0.5) is 0 Å². The fraction of sp³-hybridized carbons (Fsp3) is 0.273. The number of hydrogen-bond donors (Lipinski definition) is 1. The van der Waals surface area contributed by atoms with Gasteiger partial charge in [-0.1, -0.05) is 6.92 Å². The summed E-state index contributed by atoms with van der Waals surface area (Å²) >= 11 is 0. The van der Waals surface area contributed by atoms with Crippen LogP contribution in [0.25, 0.3) is 0 Å². The van der Waals surface area contributed by atoms with Gasteiger partial charge in [0, 0.05) is 0 Å². The van der Waals surface area contributed by atoms with Crippen molar-refractivity contribution >= 4 is 12.3 Å². The molecule has 1 rings (SSSR count). The van der Waals surface area contributed by atoms with Crippen LogP contribution >= 0.6 is 0 Å². The van der Waals surface area contributed by atoms with Gasteiger partial charge in [-0.3, -0.25) is 4.79 Å². The van der Waals surface area contributed by atoms with E-state index < -0.39 is 5.97 Å². The highest BCUT2D eigenvalue weighted by Crippen LogP contribution is 2.23. The van der Waals surface area contributed by atoms with Gasteiger partial charge >= 0.3 is 5.97 Å². The Kier molecular flexibility index (Phi) is 3.44. The number of carbonyl (C=O) groups is 2. The Morgan fingerprint density at radius 1 is 1.53 bits per heavy atom. The number of aldehydes is 1. The second-order valence-electron chi connectivity index (χ2n) is 3.03. The maximum atomic E-state index is 10.9. The lowest BCUT2D eigenvalue weighted by molar-refractivity contribution is 0.0695. The van der Waals surface area contributed by atoms with E-state index in [-0.39, 0.29) is 11.1 Å². The minimum absolute atomic E-state index is 0.153. The van der Waals surface area contributed by atoms with Crippen molar-refractivity contribution in [2.24, 2.45) is 0 Å². The fourth-order valence-corrected chi connectivity index (χ4v) is 1.40. The van der Waals surface area contributed by atoms with Crippen LogP contribution in [-0.4, -0.2) is 24.5 Å². The van der Waals surface area contributed by atoms with E-state index in [0.29, 0.717) is 24.0 Å². The zero-order chi connectivity index (χ0) is 11.4. The van der Waals surface area contributed by atoms with Crippen LogP contribution in [0.1, 0.15) is 33.2 Å². The van der Waals surface area contributed by atoms with Crippen molar-refractivity contribution < 1.29 is 19.4 Å². The summed E-state index contributed by atoms with van der Waals surface area (Å²) in [7, 11) is 1.45. The highest BCUT2D eigenvalue weighted by Gasteiger charge is 2.13. The molecule has 0 bridgehead atoms. The minimum Gasteiger partial charge on any atom is -0.496 e. The molecule has 1 aromatic rings. The molecule has 0 atom stereocenters. The third-order valence-corrected chi connectivity index (χ3v) is 2.19. The summed E-state index contributed by atoms with van der Waals surface area (Å²) in [5.74, 6) is -0.621. The summed E-state index contributed by atoms with van der Waals surface area (Å²) in [6, 6.07) is 2.93. The fourth-order valence-electron chi connectivity index (χ4n) is 1.40. The SMILES string of the molecule is CCc1cc(OC)c(C=O)cc1C(=O)O. The second-order valence-corrected chi connectivity index (χ2v) is 3.03. The van der Waals surface area contributed by atoms with Crippen LogP contribution in [0.3, 0.4) is 0 Å². The van der Waals surface area contributed by atoms with Crippen LogP contribution in [-0.2, 0) is 6.42 Å². The molecule has 0 heterocycles. The molecule has 0 radical (unpaired) electrons. The maximum Gasteiger partial charge on any atom is 0.335 e. The minimum atomic E-state index is -1.03. The molecule has 0 saturated carbocycles. The van der Waals surface area contributed by atoms with Gasteiger partial charge in [-0.05, 0) is 24.1 Å². The third-order valence-electron chi connectivity index (χ3n) is 2.19.